The van der Waals surface area contributed by atoms with Crippen LogP contribution in [-0.4, -0.2) is 14.5 Å². The number of aromatic amines is 1. The molecule has 0 aliphatic heterocycles. The van der Waals surface area contributed by atoms with Gasteiger partial charge in [-0.15, -0.1) is 0 Å². The second kappa shape index (κ2) is 4.98. The van der Waals surface area contributed by atoms with Gasteiger partial charge in [-0.25, -0.2) is 9.78 Å². The summed E-state index contributed by atoms with van der Waals surface area (Å²) in [4.78, 5) is 28.8. The number of hydrogen-bond acceptors (Lipinski definition) is 4. The summed E-state index contributed by atoms with van der Waals surface area (Å²) in [7, 11) is 0. The van der Waals surface area contributed by atoms with Crippen molar-refractivity contribution < 1.29 is 0 Å². The number of aromatic nitrogens is 3. The number of rotatable bonds is 2. The highest BCUT2D eigenvalue weighted by Crippen LogP contribution is 2.04. The maximum absolute atomic E-state index is 11.6. The molecular weight excluding hydrogens is 300 g/mol. The van der Waals surface area contributed by atoms with Crippen LogP contribution in [0.4, 0.5) is 0 Å². The Morgan fingerprint density at radius 2 is 2.28 bits per heavy atom. The van der Waals surface area contributed by atoms with Gasteiger partial charge in [0.2, 0.25) is 0 Å². The summed E-state index contributed by atoms with van der Waals surface area (Å²) in [6.45, 7) is 0.255. The smallest absolute Gasteiger partial charge is 0.295 e. The first-order valence-corrected chi connectivity index (χ1v) is 5.74. The Morgan fingerprint density at radius 1 is 1.50 bits per heavy atom. The fourth-order valence-electron chi connectivity index (χ4n) is 1.43. The van der Waals surface area contributed by atoms with E-state index in [1.807, 2.05) is 6.07 Å². The molecule has 0 bridgehead atoms. The largest absolute Gasteiger partial charge is 0.328 e. The minimum Gasteiger partial charge on any atom is -0.295 e. The molecule has 90 valence electrons. The zero-order valence-electron chi connectivity index (χ0n) is 9.05. The van der Waals surface area contributed by atoms with E-state index in [4.69, 9.17) is 5.26 Å². The molecule has 0 saturated carbocycles. The van der Waals surface area contributed by atoms with Gasteiger partial charge in [-0.3, -0.25) is 14.3 Å². The molecule has 7 heteroatoms. The normalized spacial score (nSPS) is 10.0. The Balaban J connectivity index is 2.40. The molecular formula is C11H7BrN4O2. The van der Waals surface area contributed by atoms with E-state index in [9.17, 15) is 9.59 Å². The second-order valence-corrected chi connectivity index (χ2v) is 4.38. The molecule has 1 N–H and O–H groups in total. The Bertz CT molecular complexity index is 742. The van der Waals surface area contributed by atoms with Crippen LogP contribution in [-0.2, 0) is 6.54 Å². The molecule has 2 heterocycles. The molecule has 0 fully saturated rings. The van der Waals surface area contributed by atoms with Gasteiger partial charge in [0, 0.05) is 12.4 Å². The van der Waals surface area contributed by atoms with E-state index in [1.165, 1.54) is 17.0 Å². The molecule has 0 unspecified atom stereocenters. The number of nitrogens with zero attached hydrogens (tertiary/aromatic N) is 3. The van der Waals surface area contributed by atoms with Crippen LogP contribution in [0, 0.1) is 11.3 Å². The third-order valence-electron chi connectivity index (χ3n) is 2.26. The summed E-state index contributed by atoms with van der Waals surface area (Å²) in [5.74, 6) is 0. The topological polar surface area (TPSA) is 91.5 Å². The zero-order chi connectivity index (χ0) is 13.1. The Morgan fingerprint density at radius 3 is 3.00 bits per heavy atom. The molecule has 2 aromatic heterocycles. The van der Waals surface area contributed by atoms with Crippen molar-refractivity contribution in [2.75, 3.05) is 0 Å². The lowest BCUT2D eigenvalue weighted by molar-refractivity contribution is 0.715. The van der Waals surface area contributed by atoms with E-state index in [2.05, 4.69) is 25.9 Å². The lowest BCUT2D eigenvalue weighted by Gasteiger charge is -2.05. The molecule has 0 aliphatic carbocycles. The van der Waals surface area contributed by atoms with Crippen molar-refractivity contribution in [1.29, 1.82) is 5.26 Å². The van der Waals surface area contributed by atoms with E-state index in [1.54, 1.807) is 12.1 Å². The molecule has 0 atom stereocenters. The highest BCUT2D eigenvalue weighted by molar-refractivity contribution is 9.10. The van der Waals surface area contributed by atoms with Crippen LogP contribution in [0.2, 0.25) is 0 Å². The number of H-pyrrole nitrogens is 1. The number of halogens is 1. The highest BCUT2D eigenvalue weighted by Gasteiger charge is 2.03. The van der Waals surface area contributed by atoms with Gasteiger partial charge in [-0.2, -0.15) is 5.26 Å². The van der Waals surface area contributed by atoms with Crippen molar-refractivity contribution in [3.05, 3.63) is 61.1 Å². The summed E-state index contributed by atoms with van der Waals surface area (Å²) in [6.07, 6.45) is 2.91. The van der Waals surface area contributed by atoms with Gasteiger partial charge < -0.3 is 0 Å². The fraction of sp³-hybridized carbons (Fsp3) is 0.0909. The van der Waals surface area contributed by atoms with E-state index < -0.39 is 11.2 Å². The van der Waals surface area contributed by atoms with Crippen molar-refractivity contribution in [3.63, 3.8) is 0 Å². The van der Waals surface area contributed by atoms with Crippen LogP contribution in [0.1, 0.15) is 11.3 Å². The molecule has 18 heavy (non-hydrogen) atoms. The fourth-order valence-corrected chi connectivity index (χ4v) is 1.78. The van der Waals surface area contributed by atoms with Crippen LogP contribution < -0.4 is 11.2 Å². The van der Waals surface area contributed by atoms with Gasteiger partial charge >= 0.3 is 5.69 Å². The average molecular weight is 307 g/mol. The maximum Gasteiger partial charge on any atom is 0.328 e. The molecule has 0 aliphatic rings. The van der Waals surface area contributed by atoms with E-state index in [-0.39, 0.29) is 16.7 Å². The Kier molecular flexibility index (Phi) is 3.39. The van der Waals surface area contributed by atoms with Gasteiger partial charge in [0.15, 0.2) is 0 Å². The molecule has 0 spiro atoms. The molecule has 0 aromatic carbocycles. The zero-order valence-corrected chi connectivity index (χ0v) is 10.6. The predicted octanol–water partition coefficient (Wildman–Crippen LogP) is 0.614. The molecule has 2 rings (SSSR count). The number of pyridine rings is 1. The summed E-state index contributed by atoms with van der Waals surface area (Å²) < 4.78 is 1.61. The first-order chi connectivity index (χ1) is 8.60. The van der Waals surface area contributed by atoms with Crippen LogP contribution in [0.3, 0.4) is 0 Å². The monoisotopic (exact) mass is 306 g/mol. The SMILES string of the molecule is N#Cc1cc(Cn2cc(Br)c(=O)[nH]c2=O)ccn1. The van der Waals surface area contributed by atoms with Gasteiger partial charge in [0.1, 0.15) is 11.8 Å². The molecule has 0 radical (unpaired) electrons. The van der Waals surface area contributed by atoms with Crippen molar-refractivity contribution in [2.24, 2.45) is 0 Å². The lowest BCUT2D eigenvalue weighted by Crippen LogP contribution is -2.30. The third-order valence-corrected chi connectivity index (χ3v) is 2.82. The Hall–Kier alpha value is -2.20. The summed E-state index contributed by atoms with van der Waals surface area (Å²) in [5, 5.41) is 8.73. The van der Waals surface area contributed by atoms with E-state index >= 15 is 0 Å². The Labute approximate surface area is 110 Å². The molecule has 6 nitrogen and oxygen atoms in total. The lowest BCUT2D eigenvalue weighted by atomic mass is 10.2. The van der Waals surface area contributed by atoms with E-state index in [0.717, 1.165) is 5.56 Å². The van der Waals surface area contributed by atoms with Gasteiger partial charge in [-0.05, 0) is 33.6 Å². The van der Waals surface area contributed by atoms with Crippen molar-refractivity contribution in [2.45, 2.75) is 6.54 Å². The minimum atomic E-state index is -0.501. The highest BCUT2D eigenvalue weighted by atomic mass is 79.9. The van der Waals surface area contributed by atoms with Crippen LogP contribution in [0.25, 0.3) is 0 Å². The van der Waals surface area contributed by atoms with Crippen molar-refractivity contribution >= 4 is 15.9 Å². The molecule has 0 amide bonds. The first kappa shape index (κ1) is 12.3. The van der Waals surface area contributed by atoms with Crippen LogP contribution in [0.5, 0.6) is 0 Å². The number of nitriles is 1. The quantitative estimate of drug-likeness (QED) is 0.880. The number of hydrogen-bond donors (Lipinski definition) is 1. The predicted molar refractivity (Wildman–Crippen MR) is 67.1 cm³/mol. The minimum absolute atomic E-state index is 0.255. The molecule has 0 saturated heterocycles. The summed E-state index contributed by atoms with van der Waals surface area (Å²) >= 11 is 3.05. The van der Waals surface area contributed by atoms with E-state index in [0.29, 0.717) is 0 Å². The average Bonchev–Trinajstić information content (AvgIpc) is 2.36. The third kappa shape index (κ3) is 2.55. The standard InChI is InChI=1S/C11H7BrN4O2/c12-9-6-16(11(18)15-10(9)17)5-7-1-2-14-8(3-7)4-13/h1-3,6H,5H2,(H,15,17,18). The number of nitrogens with one attached hydrogen (secondary N) is 1. The first-order valence-electron chi connectivity index (χ1n) is 4.94. The summed E-state index contributed by atoms with van der Waals surface area (Å²) in [6, 6.07) is 5.21. The van der Waals surface area contributed by atoms with Gasteiger partial charge in [0.25, 0.3) is 5.56 Å². The van der Waals surface area contributed by atoms with Gasteiger partial charge in [-0.1, -0.05) is 0 Å². The van der Waals surface area contributed by atoms with Crippen LogP contribution in [0.15, 0.2) is 38.6 Å². The summed E-state index contributed by atoms with van der Waals surface area (Å²) in [5.41, 5.74) is 0.0638. The maximum atomic E-state index is 11.6. The molecule has 2 aromatic rings. The van der Waals surface area contributed by atoms with Crippen LogP contribution >= 0.6 is 15.9 Å². The van der Waals surface area contributed by atoms with Crippen molar-refractivity contribution in [1.82, 2.24) is 14.5 Å². The second-order valence-electron chi connectivity index (χ2n) is 3.53. The van der Waals surface area contributed by atoms with Crippen molar-refractivity contribution in [3.8, 4) is 6.07 Å². The van der Waals surface area contributed by atoms with Gasteiger partial charge in [0.05, 0.1) is 11.0 Å².